The number of esters is 1. The van der Waals surface area contributed by atoms with Crippen molar-refractivity contribution >= 4 is 18.0 Å². The van der Waals surface area contributed by atoms with Gasteiger partial charge in [-0.2, -0.15) is 0 Å². The maximum absolute atomic E-state index is 11.9. The molecule has 5 heteroatoms. The van der Waals surface area contributed by atoms with Crippen molar-refractivity contribution < 1.29 is 19.1 Å². The molecule has 0 bridgehead atoms. The molecule has 26 heavy (non-hydrogen) atoms. The van der Waals surface area contributed by atoms with Crippen molar-refractivity contribution in [3.05, 3.63) is 71.8 Å². The molecule has 0 fully saturated rings. The fraction of sp³-hybridized carbons (Fsp3) is 0.238. The van der Waals surface area contributed by atoms with Crippen molar-refractivity contribution in [3.8, 4) is 5.75 Å². The first-order chi connectivity index (χ1) is 12.6. The summed E-state index contributed by atoms with van der Waals surface area (Å²) in [6.07, 6.45) is 2.89. The first-order valence-electron chi connectivity index (χ1n) is 8.51. The Morgan fingerprint density at radius 3 is 2.50 bits per heavy atom. The number of hydrogen-bond donors (Lipinski definition) is 1. The van der Waals surface area contributed by atoms with E-state index in [-0.39, 0.29) is 18.6 Å². The van der Waals surface area contributed by atoms with Crippen LogP contribution in [0.3, 0.4) is 0 Å². The molecule has 0 unspecified atom stereocenters. The molecular formula is C21H23NO4. The summed E-state index contributed by atoms with van der Waals surface area (Å²) in [6, 6.07) is 16.8. The van der Waals surface area contributed by atoms with Crippen molar-refractivity contribution in [3.63, 3.8) is 0 Å². The predicted molar refractivity (Wildman–Crippen MR) is 101 cm³/mol. The zero-order valence-electron chi connectivity index (χ0n) is 15.0. The Hall–Kier alpha value is -3.08. The number of carbonyl (C=O) groups is 2. The average Bonchev–Trinajstić information content (AvgIpc) is 2.66. The second kappa shape index (κ2) is 10.0. The van der Waals surface area contributed by atoms with Crippen LogP contribution in [-0.4, -0.2) is 25.1 Å². The van der Waals surface area contributed by atoms with Gasteiger partial charge in [-0.15, -0.1) is 0 Å². The lowest BCUT2D eigenvalue weighted by molar-refractivity contribution is -0.144. The number of amides is 1. The van der Waals surface area contributed by atoms with E-state index in [0.29, 0.717) is 12.4 Å². The number of carbonyl (C=O) groups excluding carboxylic acids is 2. The van der Waals surface area contributed by atoms with Gasteiger partial charge < -0.3 is 14.8 Å². The highest BCUT2D eigenvalue weighted by Gasteiger charge is 2.10. The third kappa shape index (κ3) is 6.09. The van der Waals surface area contributed by atoms with E-state index in [9.17, 15) is 9.59 Å². The molecule has 0 heterocycles. The predicted octanol–water partition coefficient (Wildman–Crippen LogP) is 3.52. The Bertz CT molecular complexity index is 756. The molecule has 5 nitrogen and oxygen atoms in total. The van der Waals surface area contributed by atoms with Gasteiger partial charge in [0, 0.05) is 11.6 Å². The van der Waals surface area contributed by atoms with E-state index < -0.39 is 5.97 Å². The van der Waals surface area contributed by atoms with E-state index in [1.165, 1.54) is 6.08 Å². The van der Waals surface area contributed by atoms with Gasteiger partial charge in [0.2, 0.25) is 0 Å². The van der Waals surface area contributed by atoms with Crippen molar-refractivity contribution in [2.45, 2.75) is 19.9 Å². The van der Waals surface area contributed by atoms with Crippen LogP contribution < -0.4 is 10.1 Å². The van der Waals surface area contributed by atoms with Crippen molar-refractivity contribution in [2.24, 2.45) is 0 Å². The Morgan fingerprint density at radius 2 is 1.77 bits per heavy atom. The normalized spacial score (nSPS) is 11.8. The molecule has 0 spiro atoms. The summed E-state index contributed by atoms with van der Waals surface area (Å²) in [5.41, 5.74) is 1.76. The fourth-order valence-electron chi connectivity index (χ4n) is 2.36. The zero-order valence-corrected chi connectivity index (χ0v) is 15.0. The summed E-state index contributed by atoms with van der Waals surface area (Å²) in [7, 11) is 0. The van der Waals surface area contributed by atoms with Crippen LogP contribution in [0.5, 0.6) is 5.75 Å². The number of para-hydroxylation sites is 1. The summed E-state index contributed by atoms with van der Waals surface area (Å²) in [4.78, 5) is 23.7. The van der Waals surface area contributed by atoms with Crippen LogP contribution >= 0.6 is 0 Å². The quantitative estimate of drug-likeness (QED) is 0.582. The topological polar surface area (TPSA) is 64.6 Å². The van der Waals surface area contributed by atoms with Crippen molar-refractivity contribution in [1.82, 2.24) is 5.32 Å². The number of benzene rings is 2. The van der Waals surface area contributed by atoms with Crippen LogP contribution in [0, 0.1) is 0 Å². The first kappa shape index (κ1) is 19.2. The number of ether oxygens (including phenoxy) is 2. The van der Waals surface area contributed by atoms with Crippen LogP contribution in [0.4, 0.5) is 0 Å². The summed E-state index contributed by atoms with van der Waals surface area (Å²) in [5, 5.41) is 2.79. The molecule has 2 aromatic rings. The minimum atomic E-state index is -0.584. The molecule has 1 N–H and O–H groups in total. The lowest BCUT2D eigenvalue weighted by atomic mass is 10.1. The van der Waals surface area contributed by atoms with E-state index in [2.05, 4.69) is 5.32 Å². The largest absolute Gasteiger partial charge is 0.493 e. The van der Waals surface area contributed by atoms with Gasteiger partial charge in [0.05, 0.1) is 12.6 Å². The van der Waals surface area contributed by atoms with Gasteiger partial charge in [-0.05, 0) is 31.6 Å². The van der Waals surface area contributed by atoms with Gasteiger partial charge in [0.1, 0.15) is 5.75 Å². The van der Waals surface area contributed by atoms with E-state index in [1.807, 2.05) is 68.4 Å². The summed E-state index contributed by atoms with van der Waals surface area (Å²) in [5.74, 6) is -0.245. The molecule has 0 radical (unpaired) electrons. The van der Waals surface area contributed by atoms with Gasteiger partial charge in [-0.1, -0.05) is 48.5 Å². The van der Waals surface area contributed by atoms with Gasteiger partial charge >= 0.3 is 5.97 Å². The van der Waals surface area contributed by atoms with Crippen LogP contribution in [0.1, 0.15) is 31.0 Å². The van der Waals surface area contributed by atoms with Crippen LogP contribution in [-0.2, 0) is 14.3 Å². The Labute approximate surface area is 153 Å². The molecule has 0 aromatic heterocycles. The standard InChI is InChI=1S/C21H23NO4/c1-3-25-19-12-8-7-11-18(19)13-14-21(24)26-15-20(23)22-16(2)17-9-5-4-6-10-17/h4-14,16H,3,15H2,1-2H3,(H,22,23)/b14-13+/t16-/m1/s1. The van der Waals surface area contributed by atoms with Gasteiger partial charge in [0.15, 0.2) is 6.61 Å². The lowest BCUT2D eigenvalue weighted by Gasteiger charge is -2.14. The maximum Gasteiger partial charge on any atom is 0.331 e. The van der Waals surface area contributed by atoms with E-state index in [0.717, 1.165) is 11.1 Å². The average molecular weight is 353 g/mol. The Morgan fingerprint density at radius 1 is 1.08 bits per heavy atom. The molecule has 0 aliphatic carbocycles. The molecule has 1 atom stereocenters. The number of hydrogen-bond acceptors (Lipinski definition) is 4. The van der Waals surface area contributed by atoms with Crippen molar-refractivity contribution in [1.29, 1.82) is 0 Å². The van der Waals surface area contributed by atoms with Gasteiger partial charge in [-0.25, -0.2) is 4.79 Å². The zero-order chi connectivity index (χ0) is 18.8. The number of nitrogens with one attached hydrogen (secondary N) is 1. The summed E-state index contributed by atoms with van der Waals surface area (Å²) < 4.78 is 10.5. The van der Waals surface area contributed by atoms with Crippen molar-refractivity contribution in [2.75, 3.05) is 13.2 Å². The molecule has 0 saturated heterocycles. The Kier molecular flexibility index (Phi) is 7.43. The second-order valence-corrected chi connectivity index (χ2v) is 5.61. The maximum atomic E-state index is 11.9. The van der Waals surface area contributed by atoms with Gasteiger partial charge in [-0.3, -0.25) is 4.79 Å². The highest BCUT2D eigenvalue weighted by molar-refractivity contribution is 5.89. The highest BCUT2D eigenvalue weighted by atomic mass is 16.5. The fourth-order valence-corrected chi connectivity index (χ4v) is 2.36. The van der Waals surface area contributed by atoms with Crippen LogP contribution in [0.25, 0.3) is 6.08 Å². The van der Waals surface area contributed by atoms with Crippen LogP contribution in [0.2, 0.25) is 0 Å². The minimum absolute atomic E-state index is 0.156. The lowest BCUT2D eigenvalue weighted by Crippen LogP contribution is -2.30. The summed E-state index contributed by atoms with van der Waals surface area (Å²) in [6.45, 7) is 3.98. The highest BCUT2D eigenvalue weighted by Crippen LogP contribution is 2.19. The van der Waals surface area contributed by atoms with E-state index in [1.54, 1.807) is 6.08 Å². The molecule has 2 rings (SSSR count). The monoisotopic (exact) mass is 353 g/mol. The molecule has 1 amide bonds. The smallest absolute Gasteiger partial charge is 0.331 e. The first-order valence-corrected chi connectivity index (χ1v) is 8.51. The molecule has 0 aliphatic heterocycles. The molecule has 0 saturated carbocycles. The molecule has 0 aliphatic rings. The van der Waals surface area contributed by atoms with E-state index in [4.69, 9.17) is 9.47 Å². The van der Waals surface area contributed by atoms with Crippen LogP contribution in [0.15, 0.2) is 60.7 Å². The summed E-state index contributed by atoms with van der Waals surface area (Å²) >= 11 is 0. The molecular weight excluding hydrogens is 330 g/mol. The number of rotatable bonds is 8. The second-order valence-electron chi connectivity index (χ2n) is 5.61. The third-order valence-electron chi connectivity index (χ3n) is 3.64. The SMILES string of the molecule is CCOc1ccccc1/C=C/C(=O)OCC(=O)N[C@H](C)c1ccccc1. The molecule has 2 aromatic carbocycles. The minimum Gasteiger partial charge on any atom is -0.493 e. The van der Waals surface area contributed by atoms with Gasteiger partial charge in [0.25, 0.3) is 5.91 Å². The third-order valence-corrected chi connectivity index (χ3v) is 3.64. The van der Waals surface area contributed by atoms with E-state index >= 15 is 0 Å². The Balaban J connectivity index is 1.82. The molecule has 136 valence electrons.